The number of carboxylic acid groups (broad SMARTS) is 1. The van der Waals surface area contributed by atoms with E-state index in [1.165, 1.54) is 25.7 Å². The fourth-order valence-corrected chi connectivity index (χ4v) is 2.04. The largest absolute Gasteiger partial charge is 0.481 e. The van der Waals surface area contributed by atoms with Gasteiger partial charge in [0.15, 0.2) is 0 Å². The molecular formula is C14H25NO3. The molecule has 0 aromatic carbocycles. The van der Waals surface area contributed by atoms with Crippen LogP contribution < -0.4 is 5.32 Å². The van der Waals surface area contributed by atoms with Gasteiger partial charge in [0.05, 0.1) is 5.41 Å². The van der Waals surface area contributed by atoms with E-state index in [2.05, 4.69) is 12.2 Å². The number of hydrogen-bond donors (Lipinski definition) is 2. The molecule has 1 aliphatic rings. The Bertz CT molecular complexity index is 285. The van der Waals surface area contributed by atoms with E-state index in [-0.39, 0.29) is 5.91 Å². The highest BCUT2D eigenvalue weighted by molar-refractivity contribution is 5.80. The summed E-state index contributed by atoms with van der Waals surface area (Å²) >= 11 is 0. The third kappa shape index (κ3) is 5.07. The molecule has 1 amide bonds. The van der Waals surface area contributed by atoms with Crippen LogP contribution in [0.1, 0.15) is 64.7 Å². The van der Waals surface area contributed by atoms with Crippen LogP contribution in [-0.4, -0.2) is 23.5 Å². The van der Waals surface area contributed by atoms with Crippen molar-refractivity contribution in [2.75, 3.05) is 6.54 Å². The van der Waals surface area contributed by atoms with Crippen LogP contribution >= 0.6 is 0 Å². The van der Waals surface area contributed by atoms with E-state index in [4.69, 9.17) is 5.11 Å². The number of nitrogens with one attached hydrogen (secondary N) is 1. The first-order chi connectivity index (χ1) is 8.60. The van der Waals surface area contributed by atoms with Crippen molar-refractivity contribution in [2.45, 2.75) is 64.7 Å². The number of rotatable bonds is 10. The Hall–Kier alpha value is -1.06. The maximum atomic E-state index is 11.5. The Kier molecular flexibility index (Phi) is 6.16. The predicted molar refractivity (Wildman–Crippen MR) is 70.3 cm³/mol. The number of carbonyl (C=O) groups is 2. The van der Waals surface area contributed by atoms with Crippen molar-refractivity contribution in [3.63, 3.8) is 0 Å². The second-order valence-electron chi connectivity index (χ2n) is 5.38. The zero-order valence-corrected chi connectivity index (χ0v) is 11.3. The third-order valence-corrected chi connectivity index (χ3v) is 3.69. The highest BCUT2D eigenvalue weighted by Crippen LogP contribution is 2.45. The topological polar surface area (TPSA) is 66.4 Å². The van der Waals surface area contributed by atoms with E-state index in [1.807, 2.05) is 0 Å². The Morgan fingerprint density at radius 3 is 2.28 bits per heavy atom. The summed E-state index contributed by atoms with van der Waals surface area (Å²) in [4.78, 5) is 22.4. The van der Waals surface area contributed by atoms with Crippen molar-refractivity contribution in [1.29, 1.82) is 0 Å². The van der Waals surface area contributed by atoms with Gasteiger partial charge in [0, 0.05) is 13.0 Å². The lowest BCUT2D eigenvalue weighted by Crippen LogP contribution is -2.34. The van der Waals surface area contributed by atoms with Gasteiger partial charge in [0.2, 0.25) is 5.91 Å². The van der Waals surface area contributed by atoms with Crippen LogP contribution in [0.4, 0.5) is 0 Å². The molecule has 0 aromatic heterocycles. The van der Waals surface area contributed by atoms with Crippen LogP contribution in [0, 0.1) is 5.41 Å². The first-order valence-electron chi connectivity index (χ1n) is 7.11. The third-order valence-electron chi connectivity index (χ3n) is 3.69. The van der Waals surface area contributed by atoms with E-state index < -0.39 is 11.4 Å². The van der Waals surface area contributed by atoms with Gasteiger partial charge in [-0.1, -0.05) is 39.0 Å². The van der Waals surface area contributed by atoms with Crippen LogP contribution in [0.25, 0.3) is 0 Å². The summed E-state index contributed by atoms with van der Waals surface area (Å²) in [7, 11) is 0. The van der Waals surface area contributed by atoms with Crippen LogP contribution in [0.2, 0.25) is 0 Å². The van der Waals surface area contributed by atoms with E-state index in [9.17, 15) is 9.59 Å². The molecule has 0 aliphatic heterocycles. The monoisotopic (exact) mass is 255 g/mol. The minimum absolute atomic E-state index is 0.00184. The first-order valence-corrected chi connectivity index (χ1v) is 7.11. The van der Waals surface area contributed by atoms with E-state index in [0.29, 0.717) is 25.8 Å². The fourth-order valence-electron chi connectivity index (χ4n) is 2.04. The Morgan fingerprint density at radius 1 is 1.11 bits per heavy atom. The highest BCUT2D eigenvalue weighted by Gasteiger charge is 2.50. The molecule has 1 aliphatic carbocycles. The molecular weight excluding hydrogens is 230 g/mol. The molecule has 2 N–H and O–H groups in total. The van der Waals surface area contributed by atoms with Gasteiger partial charge >= 0.3 is 5.97 Å². The van der Waals surface area contributed by atoms with Crippen LogP contribution in [-0.2, 0) is 9.59 Å². The van der Waals surface area contributed by atoms with Gasteiger partial charge < -0.3 is 10.4 Å². The summed E-state index contributed by atoms with van der Waals surface area (Å²) in [6.45, 7) is 2.49. The molecule has 0 bridgehead atoms. The maximum Gasteiger partial charge on any atom is 0.311 e. The lowest BCUT2D eigenvalue weighted by molar-refractivity contribution is -0.143. The molecule has 4 nitrogen and oxygen atoms in total. The minimum atomic E-state index is -0.776. The maximum absolute atomic E-state index is 11.5. The SMILES string of the molecule is CCCCCCCCC(=O)NCC1(C(=O)O)CC1. The van der Waals surface area contributed by atoms with E-state index in [1.54, 1.807) is 0 Å². The van der Waals surface area contributed by atoms with Crippen LogP contribution in [0.15, 0.2) is 0 Å². The second-order valence-corrected chi connectivity index (χ2v) is 5.38. The van der Waals surface area contributed by atoms with Gasteiger partial charge in [-0.25, -0.2) is 0 Å². The molecule has 1 rings (SSSR count). The molecule has 1 saturated carbocycles. The fraction of sp³-hybridized carbons (Fsp3) is 0.857. The number of carbonyl (C=O) groups excluding carboxylic acids is 1. The average Bonchev–Trinajstić information content (AvgIpc) is 3.12. The molecule has 0 aromatic rings. The van der Waals surface area contributed by atoms with Crippen molar-refractivity contribution >= 4 is 11.9 Å². The Morgan fingerprint density at radius 2 is 1.72 bits per heavy atom. The lowest BCUT2D eigenvalue weighted by Gasteiger charge is -2.10. The van der Waals surface area contributed by atoms with Crippen LogP contribution in [0.3, 0.4) is 0 Å². The van der Waals surface area contributed by atoms with Gasteiger partial charge in [0.25, 0.3) is 0 Å². The van der Waals surface area contributed by atoms with Crippen molar-refractivity contribution < 1.29 is 14.7 Å². The van der Waals surface area contributed by atoms with Gasteiger partial charge in [-0.05, 0) is 19.3 Å². The smallest absolute Gasteiger partial charge is 0.311 e. The molecule has 1 fully saturated rings. The summed E-state index contributed by atoms with van der Waals surface area (Å²) < 4.78 is 0. The number of hydrogen-bond acceptors (Lipinski definition) is 2. The van der Waals surface area contributed by atoms with Crippen molar-refractivity contribution in [2.24, 2.45) is 5.41 Å². The first kappa shape index (κ1) is 15.0. The molecule has 4 heteroatoms. The zero-order chi connectivity index (χ0) is 13.4. The van der Waals surface area contributed by atoms with Crippen molar-refractivity contribution in [1.82, 2.24) is 5.32 Å². The number of carboxylic acids is 1. The molecule has 0 unspecified atom stereocenters. The van der Waals surface area contributed by atoms with Crippen molar-refractivity contribution in [3.05, 3.63) is 0 Å². The second kappa shape index (κ2) is 7.39. The van der Waals surface area contributed by atoms with E-state index in [0.717, 1.165) is 12.8 Å². The molecule has 0 radical (unpaired) electrons. The summed E-state index contributed by atoms with van der Waals surface area (Å²) in [5, 5.41) is 11.7. The van der Waals surface area contributed by atoms with Gasteiger partial charge in [-0.3, -0.25) is 9.59 Å². The van der Waals surface area contributed by atoms with Crippen LogP contribution in [0.5, 0.6) is 0 Å². The highest BCUT2D eigenvalue weighted by atomic mass is 16.4. The molecule has 0 saturated heterocycles. The molecule has 0 heterocycles. The number of unbranched alkanes of at least 4 members (excludes halogenated alkanes) is 5. The molecule has 0 spiro atoms. The summed E-state index contributed by atoms with van der Waals surface area (Å²) in [5.41, 5.74) is -0.642. The standard InChI is InChI=1S/C14H25NO3/c1-2-3-4-5-6-7-8-12(16)15-11-14(9-10-14)13(17)18/h2-11H2,1H3,(H,15,16)(H,17,18). The molecule has 18 heavy (non-hydrogen) atoms. The lowest BCUT2D eigenvalue weighted by atomic mass is 10.1. The quantitative estimate of drug-likeness (QED) is 0.590. The van der Waals surface area contributed by atoms with Gasteiger partial charge in [0.1, 0.15) is 0 Å². The Labute approximate surface area is 109 Å². The van der Waals surface area contributed by atoms with Gasteiger partial charge in [-0.2, -0.15) is 0 Å². The normalized spacial score (nSPS) is 16.3. The van der Waals surface area contributed by atoms with Gasteiger partial charge in [-0.15, -0.1) is 0 Å². The number of aliphatic carboxylic acids is 1. The Balaban J connectivity index is 1.99. The summed E-state index contributed by atoms with van der Waals surface area (Å²) in [5.74, 6) is -0.777. The minimum Gasteiger partial charge on any atom is -0.481 e. The average molecular weight is 255 g/mol. The summed E-state index contributed by atoms with van der Waals surface area (Å²) in [6.07, 6.45) is 8.87. The van der Waals surface area contributed by atoms with Crippen molar-refractivity contribution in [3.8, 4) is 0 Å². The zero-order valence-electron chi connectivity index (χ0n) is 11.3. The predicted octanol–water partition coefficient (Wildman–Crippen LogP) is 2.72. The molecule has 0 atom stereocenters. The number of amides is 1. The molecule has 104 valence electrons. The summed E-state index contributed by atoms with van der Waals surface area (Å²) in [6, 6.07) is 0. The van der Waals surface area contributed by atoms with E-state index >= 15 is 0 Å².